The van der Waals surface area contributed by atoms with Gasteiger partial charge in [0.15, 0.2) is 11.3 Å². The maximum atomic E-state index is 6.63. The van der Waals surface area contributed by atoms with Crippen molar-refractivity contribution < 1.29 is 9.15 Å². The van der Waals surface area contributed by atoms with E-state index < -0.39 is 0 Å². The molecule has 1 heterocycles. The molecule has 49 heavy (non-hydrogen) atoms. The standard InChI is InChI=1S/C47H30O2/c1-29-18-24-41-44-28-33(43-27-32-11-3-5-13-36(32)38-15-7-9-17-40(38)43)21-25-45(44)49-47(41)46(29)48-34-22-19-30(20-23-34)42-26-31-10-2-4-12-35(31)37-14-6-8-16-39(37)42/h2-28H,1H3. The number of hydrogen-bond acceptors (Lipinski definition) is 2. The summed E-state index contributed by atoms with van der Waals surface area (Å²) in [5, 5.41) is 12.2. The van der Waals surface area contributed by atoms with Crippen molar-refractivity contribution in [2.45, 2.75) is 6.92 Å². The first-order valence-corrected chi connectivity index (χ1v) is 16.8. The Hall–Kier alpha value is -6.38. The first-order valence-electron chi connectivity index (χ1n) is 16.8. The van der Waals surface area contributed by atoms with Crippen LogP contribution in [0.1, 0.15) is 5.56 Å². The third-order valence-electron chi connectivity index (χ3n) is 10.0. The molecular weight excluding hydrogens is 597 g/mol. The first-order chi connectivity index (χ1) is 24.2. The van der Waals surface area contributed by atoms with Gasteiger partial charge in [-0.05, 0) is 120 Å². The van der Waals surface area contributed by atoms with Gasteiger partial charge in [0.2, 0.25) is 0 Å². The van der Waals surface area contributed by atoms with Crippen molar-refractivity contribution in [1.29, 1.82) is 0 Å². The second kappa shape index (κ2) is 10.8. The summed E-state index contributed by atoms with van der Waals surface area (Å²) in [5.74, 6) is 1.52. The third kappa shape index (κ3) is 4.42. The highest BCUT2D eigenvalue weighted by molar-refractivity contribution is 6.16. The molecule has 0 amide bonds. The van der Waals surface area contributed by atoms with Crippen LogP contribution in [0.5, 0.6) is 11.5 Å². The zero-order chi connectivity index (χ0) is 32.5. The molecule has 0 spiro atoms. The van der Waals surface area contributed by atoms with Crippen molar-refractivity contribution in [2.24, 2.45) is 0 Å². The van der Waals surface area contributed by atoms with E-state index in [1.165, 1.54) is 54.2 Å². The third-order valence-corrected chi connectivity index (χ3v) is 10.0. The summed E-state index contributed by atoms with van der Waals surface area (Å²) in [5.41, 5.74) is 7.38. The molecule has 1 aromatic heterocycles. The van der Waals surface area contributed by atoms with E-state index >= 15 is 0 Å². The van der Waals surface area contributed by atoms with E-state index in [-0.39, 0.29) is 0 Å². The highest BCUT2D eigenvalue weighted by Gasteiger charge is 2.17. The van der Waals surface area contributed by atoms with Gasteiger partial charge in [-0.15, -0.1) is 0 Å². The van der Waals surface area contributed by atoms with Crippen LogP contribution in [-0.4, -0.2) is 0 Å². The summed E-state index contributed by atoms with van der Waals surface area (Å²) in [7, 11) is 0. The lowest BCUT2D eigenvalue weighted by Crippen LogP contribution is -1.89. The summed E-state index contributed by atoms with van der Waals surface area (Å²) >= 11 is 0. The molecule has 10 aromatic rings. The second-order valence-corrected chi connectivity index (χ2v) is 12.9. The van der Waals surface area contributed by atoms with Crippen LogP contribution in [0.2, 0.25) is 0 Å². The zero-order valence-electron chi connectivity index (χ0n) is 26.9. The Bertz CT molecular complexity index is 2910. The molecule has 0 aliphatic carbocycles. The van der Waals surface area contributed by atoms with E-state index in [2.05, 4.69) is 171 Å². The van der Waals surface area contributed by atoms with Gasteiger partial charge in [-0.1, -0.05) is 121 Å². The van der Waals surface area contributed by atoms with Crippen LogP contribution in [0.3, 0.4) is 0 Å². The molecule has 0 aliphatic rings. The Labute approximate surface area is 283 Å². The molecule has 0 radical (unpaired) electrons. The van der Waals surface area contributed by atoms with Gasteiger partial charge in [0, 0.05) is 10.8 Å². The minimum atomic E-state index is 0.746. The minimum Gasteiger partial charge on any atom is -0.453 e. The van der Waals surface area contributed by atoms with E-state index in [4.69, 9.17) is 9.15 Å². The molecule has 2 heteroatoms. The van der Waals surface area contributed by atoms with Crippen LogP contribution in [0, 0.1) is 6.92 Å². The van der Waals surface area contributed by atoms with Gasteiger partial charge in [0.1, 0.15) is 11.3 Å². The van der Waals surface area contributed by atoms with Crippen LogP contribution in [0.15, 0.2) is 168 Å². The molecule has 0 saturated heterocycles. The highest BCUT2D eigenvalue weighted by Crippen LogP contribution is 2.43. The van der Waals surface area contributed by atoms with Crippen molar-refractivity contribution in [3.63, 3.8) is 0 Å². The summed E-state index contributed by atoms with van der Waals surface area (Å²) < 4.78 is 13.2. The topological polar surface area (TPSA) is 22.4 Å². The van der Waals surface area contributed by atoms with Crippen molar-refractivity contribution in [3.8, 4) is 33.8 Å². The maximum Gasteiger partial charge on any atom is 0.178 e. The maximum absolute atomic E-state index is 6.63. The van der Waals surface area contributed by atoms with Crippen molar-refractivity contribution in [1.82, 2.24) is 0 Å². The van der Waals surface area contributed by atoms with E-state index in [1.807, 2.05) is 0 Å². The van der Waals surface area contributed by atoms with E-state index in [1.54, 1.807) is 0 Å². The molecule has 0 fully saturated rings. The second-order valence-electron chi connectivity index (χ2n) is 12.9. The SMILES string of the molecule is Cc1ccc2c(oc3ccc(-c4cc5ccccc5c5ccccc45)cc32)c1Oc1ccc(-c2cc3ccccc3c3ccccc23)cc1. The lowest BCUT2D eigenvalue weighted by Gasteiger charge is -2.13. The Morgan fingerprint density at radius 2 is 0.939 bits per heavy atom. The summed E-state index contributed by atoms with van der Waals surface area (Å²) in [6.07, 6.45) is 0. The number of aryl methyl sites for hydroxylation is 1. The van der Waals surface area contributed by atoms with Crippen LogP contribution in [0.4, 0.5) is 0 Å². The van der Waals surface area contributed by atoms with Crippen molar-refractivity contribution >= 4 is 65.0 Å². The Morgan fingerprint density at radius 3 is 1.57 bits per heavy atom. The molecular formula is C47H30O2. The van der Waals surface area contributed by atoms with Gasteiger partial charge in [-0.25, -0.2) is 0 Å². The smallest absolute Gasteiger partial charge is 0.178 e. The fourth-order valence-electron chi connectivity index (χ4n) is 7.61. The quantitative estimate of drug-likeness (QED) is 0.181. The normalized spacial score (nSPS) is 11.8. The molecule has 9 aromatic carbocycles. The van der Waals surface area contributed by atoms with E-state index in [9.17, 15) is 0 Å². The van der Waals surface area contributed by atoms with Crippen LogP contribution >= 0.6 is 0 Å². The number of ether oxygens (including phenoxy) is 1. The monoisotopic (exact) mass is 626 g/mol. The van der Waals surface area contributed by atoms with E-state index in [0.717, 1.165) is 50.1 Å². The van der Waals surface area contributed by atoms with Crippen molar-refractivity contribution in [3.05, 3.63) is 169 Å². The van der Waals surface area contributed by atoms with Gasteiger partial charge in [-0.3, -0.25) is 0 Å². The minimum absolute atomic E-state index is 0.746. The molecule has 10 rings (SSSR count). The average Bonchev–Trinajstić information content (AvgIpc) is 3.54. The summed E-state index contributed by atoms with van der Waals surface area (Å²) in [4.78, 5) is 0. The lowest BCUT2D eigenvalue weighted by molar-refractivity contribution is 0.473. The molecule has 0 atom stereocenters. The van der Waals surface area contributed by atoms with Gasteiger partial charge in [-0.2, -0.15) is 0 Å². The molecule has 2 nitrogen and oxygen atoms in total. The first kappa shape index (κ1) is 27.7. The van der Waals surface area contributed by atoms with Gasteiger partial charge in [0.05, 0.1) is 0 Å². The van der Waals surface area contributed by atoms with E-state index in [0.29, 0.717) is 0 Å². The fourth-order valence-corrected chi connectivity index (χ4v) is 7.61. The largest absolute Gasteiger partial charge is 0.453 e. The molecule has 0 aliphatic heterocycles. The predicted octanol–water partition coefficient (Wildman–Crippen LogP) is 13.6. The predicted molar refractivity (Wildman–Crippen MR) is 206 cm³/mol. The highest BCUT2D eigenvalue weighted by atomic mass is 16.5. The molecule has 0 saturated carbocycles. The molecule has 230 valence electrons. The number of benzene rings is 9. The molecule has 0 unspecified atom stereocenters. The number of fused-ring (bicyclic) bond motifs is 9. The number of hydrogen-bond donors (Lipinski definition) is 0. The van der Waals surface area contributed by atoms with Crippen molar-refractivity contribution in [2.75, 3.05) is 0 Å². The lowest BCUT2D eigenvalue weighted by atomic mass is 9.92. The Balaban J connectivity index is 1.05. The Kier molecular flexibility index (Phi) is 6.13. The fraction of sp³-hybridized carbons (Fsp3) is 0.0213. The van der Waals surface area contributed by atoms with Gasteiger partial charge >= 0.3 is 0 Å². The van der Waals surface area contributed by atoms with Crippen LogP contribution in [0.25, 0.3) is 87.3 Å². The summed E-state index contributed by atoms with van der Waals surface area (Å²) in [6, 6.07) is 58.4. The summed E-state index contributed by atoms with van der Waals surface area (Å²) in [6.45, 7) is 2.07. The average molecular weight is 627 g/mol. The molecule has 0 bridgehead atoms. The van der Waals surface area contributed by atoms with Crippen LogP contribution in [-0.2, 0) is 0 Å². The zero-order valence-corrected chi connectivity index (χ0v) is 26.9. The number of furan rings is 1. The van der Waals surface area contributed by atoms with Gasteiger partial charge < -0.3 is 9.15 Å². The van der Waals surface area contributed by atoms with Crippen LogP contribution < -0.4 is 4.74 Å². The van der Waals surface area contributed by atoms with Gasteiger partial charge in [0.25, 0.3) is 0 Å². The molecule has 0 N–H and O–H groups in total. The number of rotatable bonds is 4. The Morgan fingerprint density at radius 1 is 0.408 bits per heavy atom.